The monoisotopic (exact) mass is 383 g/mol. The molecule has 1 unspecified atom stereocenters. The van der Waals surface area contributed by atoms with Gasteiger partial charge in [0.15, 0.2) is 0 Å². The summed E-state index contributed by atoms with van der Waals surface area (Å²) in [6, 6.07) is 9.65. The Morgan fingerprint density at radius 3 is 2.35 bits per heavy atom. The van der Waals surface area contributed by atoms with Gasteiger partial charge in [0, 0.05) is 17.1 Å². The topological polar surface area (TPSA) is 70.2 Å². The number of aryl methyl sites for hydroxylation is 1. The highest BCUT2D eigenvalue weighted by molar-refractivity contribution is 7.86. The van der Waals surface area contributed by atoms with Crippen LogP contribution < -0.4 is 0 Å². The molecule has 1 heterocycles. The van der Waals surface area contributed by atoms with E-state index in [2.05, 4.69) is 4.98 Å². The van der Waals surface area contributed by atoms with Crippen molar-refractivity contribution in [3.63, 3.8) is 0 Å². The summed E-state index contributed by atoms with van der Waals surface area (Å²) in [6.45, 7) is 1.89. The molecule has 138 valence electrons. The average Bonchev–Trinajstić information content (AvgIpc) is 2.93. The summed E-state index contributed by atoms with van der Waals surface area (Å²) in [7, 11) is -4.47. The smallest absolute Gasteiger partial charge is 0.361 e. The van der Waals surface area contributed by atoms with Gasteiger partial charge < -0.3 is 4.98 Å². The van der Waals surface area contributed by atoms with Gasteiger partial charge >= 0.3 is 6.18 Å². The van der Waals surface area contributed by atoms with Crippen molar-refractivity contribution in [1.29, 1.82) is 0 Å². The van der Waals surface area contributed by atoms with Crippen molar-refractivity contribution in [2.24, 2.45) is 0 Å². The van der Waals surface area contributed by atoms with E-state index in [1.165, 1.54) is 18.3 Å². The van der Waals surface area contributed by atoms with Gasteiger partial charge in [0.25, 0.3) is 10.1 Å². The summed E-state index contributed by atoms with van der Waals surface area (Å²) < 4.78 is 71.5. The molecule has 1 aromatic heterocycles. The van der Waals surface area contributed by atoms with Gasteiger partial charge in [-0.2, -0.15) is 21.6 Å². The second-order valence-electron chi connectivity index (χ2n) is 6.20. The lowest BCUT2D eigenvalue weighted by molar-refractivity contribution is -0.137. The second kappa shape index (κ2) is 6.44. The van der Waals surface area contributed by atoms with Crippen LogP contribution in [0.1, 0.15) is 27.5 Å². The maximum atomic E-state index is 12.7. The number of fused-ring (bicyclic) bond motifs is 1. The van der Waals surface area contributed by atoms with Crippen LogP contribution >= 0.6 is 0 Å². The van der Waals surface area contributed by atoms with Gasteiger partial charge in [0.2, 0.25) is 0 Å². The van der Waals surface area contributed by atoms with Gasteiger partial charge in [0.05, 0.1) is 5.56 Å². The minimum Gasteiger partial charge on any atom is -0.361 e. The van der Waals surface area contributed by atoms with Crippen molar-refractivity contribution in [1.82, 2.24) is 4.98 Å². The molecule has 0 aliphatic rings. The van der Waals surface area contributed by atoms with E-state index < -0.39 is 27.1 Å². The first-order chi connectivity index (χ1) is 12.1. The number of alkyl halides is 3. The molecule has 4 nitrogen and oxygen atoms in total. The third-order valence-corrected chi connectivity index (χ3v) is 5.42. The molecular weight excluding hydrogens is 367 g/mol. The highest BCUT2D eigenvalue weighted by Gasteiger charge is 2.31. The van der Waals surface area contributed by atoms with Gasteiger partial charge in [-0.1, -0.05) is 24.3 Å². The van der Waals surface area contributed by atoms with Gasteiger partial charge in [-0.15, -0.1) is 0 Å². The average molecular weight is 383 g/mol. The van der Waals surface area contributed by atoms with E-state index in [1.807, 2.05) is 19.1 Å². The normalized spacial score (nSPS) is 13.9. The molecule has 0 aliphatic heterocycles. The molecule has 0 fully saturated rings. The summed E-state index contributed by atoms with van der Waals surface area (Å²) in [5.41, 5.74) is 1.65. The van der Waals surface area contributed by atoms with E-state index in [0.717, 1.165) is 23.2 Å². The third kappa shape index (κ3) is 3.76. The van der Waals surface area contributed by atoms with E-state index in [9.17, 15) is 26.1 Å². The molecule has 0 aliphatic carbocycles. The van der Waals surface area contributed by atoms with Crippen LogP contribution in [0, 0.1) is 6.92 Å². The summed E-state index contributed by atoms with van der Waals surface area (Å²) in [4.78, 5) is 2.97. The van der Waals surface area contributed by atoms with Gasteiger partial charge in [-0.3, -0.25) is 4.55 Å². The number of aromatic amines is 1. The Kier molecular flexibility index (Phi) is 4.58. The van der Waals surface area contributed by atoms with Crippen LogP contribution in [0.5, 0.6) is 0 Å². The zero-order valence-electron chi connectivity index (χ0n) is 13.7. The zero-order chi connectivity index (χ0) is 19.1. The molecule has 0 bridgehead atoms. The van der Waals surface area contributed by atoms with Crippen LogP contribution in [0.25, 0.3) is 10.9 Å². The molecule has 0 amide bonds. The lowest BCUT2D eigenvalue weighted by Gasteiger charge is -2.14. The fourth-order valence-electron chi connectivity index (χ4n) is 2.95. The van der Waals surface area contributed by atoms with E-state index in [0.29, 0.717) is 16.5 Å². The molecule has 3 rings (SSSR count). The highest BCUT2D eigenvalue weighted by atomic mass is 32.2. The number of hydrogen-bond donors (Lipinski definition) is 2. The summed E-state index contributed by atoms with van der Waals surface area (Å²) in [5, 5.41) is -0.638. The Morgan fingerprint density at radius 1 is 1.12 bits per heavy atom. The summed E-state index contributed by atoms with van der Waals surface area (Å²) >= 11 is 0. The SMILES string of the molecule is Cc1ccc2c(C(Cc3ccc(C(F)(F)F)cc3)S(=O)(=O)O)c[nH]c2c1. The molecule has 3 aromatic rings. The van der Waals surface area contributed by atoms with Crippen LogP contribution in [-0.4, -0.2) is 18.0 Å². The van der Waals surface area contributed by atoms with E-state index in [-0.39, 0.29) is 6.42 Å². The third-order valence-electron chi connectivity index (χ3n) is 4.28. The fraction of sp³-hybridized carbons (Fsp3) is 0.222. The molecule has 2 aromatic carbocycles. The number of hydrogen-bond acceptors (Lipinski definition) is 2. The van der Waals surface area contributed by atoms with Crippen LogP contribution in [-0.2, 0) is 22.7 Å². The van der Waals surface area contributed by atoms with E-state index >= 15 is 0 Å². The Morgan fingerprint density at radius 2 is 1.77 bits per heavy atom. The maximum Gasteiger partial charge on any atom is 0.416 e. The molecule has 8 heteroatoms. The van der Waals surface area contributed by atoms with E-state index in [4.69, 9.17) is 0 Å². The molecule has 26 heavy (non-hydrogen) atoms. The largest absolute Gasteiger partial charge is 0.416 e. The molecule has 0 saturated carbocycles. The first-order valence-electron chi connectivity index (χ1n) is 7.76. The van der Waals surface area contributed by atoms with Crippen LogP contribution in [0.2, 0.25) is 0 Å². The number of rotatable bonds is 4. The standard InChI is InChI=1S/C18H16F3NO3S/c1-11-2-7-14-15(10-22-16(14)8-11)17(26(23,24)25)9-12-3-5-13(6-4-12)18(19,20)21/h2-8,10,17,22H,9H2,1H3,(H,23,24,25). The second-order valence-corrected chi connectivity index (χ2v) is 7.79. The van der Waals surface area contributed by atoms with Crippen molar-refractivity contribution in [2.75, 3.05) is 0 Å². The maximum absolute atomic E-state index is 12.7. The van der Waals surface area contributed by atoms with Crippen molar-refractivity contribution in [3.05, 3.63) is 70.9 Å². The number of halogens is 3. The van der Waals surface area contributed by atoms with E-state index in [1.54, 1.807) is 6.07 Å². The molecule has 0 saturated heterocycles. The lowest BCUT2D eigenvalue weighted by atomic mass is 10.0. The van der Waals surface area contributed by atoms with Gasteiger partial charge in [-0.05, 0) is 48.2 Å². The number of aromatic nitrogens is 1. The number of nitrogens with one attached hydrogen (secondary N) is 1. The van der Waals surface area contributed by atoms with Crippen molar-refractivity contribution in [3.8, 4) is 0 Å². The van der Waals surface area contributed by atoms with Gasteiger partial charge in [-0.25, -0.2) is 0 Å². The van der Waals surface area contributed by atoms with Crippen molar-refractivity contribution >= 4 is 21.0 Å². The molecular formula is C18H16F3NO3S. The van der Waals surface area contributed by atoms with Crippen LogP contribution in [0.15, 0.2) is 48.7 Å². The molecule has 0 radical (unpaired) electrons. The predicted molar refractivity (Wildman–Crippen MR) is 92.5 cm³/mol. The minimum absolute atomic E-state index is 0.141. The Bertz CT molecular complexity index is 1040. The first kappa shape index (κ1) is 18.5. The summed E-state index contributed by atoms with van der Waals surface area (Å²) in [5.74, 6) is 0. The van der Waals surface area contributed by atoms with Crippen LogP contribution in [0.3, 0.4) is 0 Å². The van der Waals surface area contributed by atoms with Gasteiger partial charge in [0.1, 0.15) is 5.25 Å². The number of H-pyrrole nitrogens is 1. The zero-order valence-corrected chi connectivity index (χ0v) is 14.5. The summed E-state index contributed by atoms with van der Waals surface area (Å²) in [6.07, 6.45) is -3.10. The quantitative estimate of drug-likeness (QED) is 0.644. The molecule has 0 spiro atoms. The highest BCUT2D eigenvalue weighted by Crippen LogP contribution is 2.34. The Balaban J connectivity index is 1.99. The molecule has 2 N–H and O–H groups in total. The van der Waals surface area contributed by atoms with Crippen LogP contribution in [0.4, 0.5) is 13.2 Å². The Labute approximate surface area is 148 Å². The minimum atomic E-state index is -4.47. The molecule has 1 atom stereocenters. The Hall–Kier alpha value is -2.32. The predicted octanol–water partition coefficient (Wildman–Crippen LogP) is 4.67. The fourth-order valence-corrected chi connectivity index (χ4v) is 3.87. The lowest BCUT2D eigenvalue weighted by Crippen LogP contribution is -2.15. The first-order valence-corrected chi connectivity index (χ1v) is 9.26. The van der Waals surface area contributed by atoms with Crippen molar-refractivity contribution < 1.29 is 26.1 Å². The number of benzene rings is 2. The van der Waals surface area contributed by atoms with Crippen molar-refractivity contribution in [2.45, 2.75) is 24.8 Å².